The molecule has 0 unspecified atom stereocenters. The van der Waals surface area contributed by atoms with Gasteiger partial charge in [-0.1, -0.05) is 18.2 Å². The predicted octanol–water partition coefficient (Wildman–Crippen LogP) is 1.19. The Morgan fingerprint density at radius 2 is 1.94 bits per heavy atom. The van der Waals surface area contributed by atoms with Gasteiger partial charge in [-0.25, -0.2) is 0 Å². The van der Waals surface area contributed by atoms with Crippen molar-refractivity contribution in [3.8, 4) is 0 Å². The Balaban J connectivity index is 2.93. The van der Waals surface area contributed by atoms with Crippen LogP contribution in [0.2, 0.25) is 0 Å². The van der Waals surface area contributed by atoms with Crippen LogP contribution in [0.3, 0.4) is 0 Å². The number of H-pyrrole nitrogens is 1. The molecule has 1 aromatic rings. The number of pyridine rings is 1. The molecule has 0 saturated heterocycles. The molecule has 1 N–H and O–H groups in total. The first-order chi connectivity index (χ1) is 7.69. The summed E-state index contributed by atoms with van der Waals surface area (Å²) in [6.45, 7) is 7.99. The molecule has 16 heavy (non-hydrogen) atoms. The van der Waals surface area contributed by atoms with Gasteiger partial charge in [0.2, 0.25) is 5.56 Å². The Labute approximate surface area is 93.9 Å². The average Bonchev–Trinajstić information content (AvgIpc) is 2.28. The molecular weight excluding hydrogens is 204 g/mol. The van der Waals surface area contributed by atoms with Crippen LogP contribution in [-0.4, -0.2) is 28.9 Å². The van der Waals surface area contributed by atoms with Crippen molar-refractivity contribution in [2.75, 3.05) is 13.1 Å². The number of hydrogen-bond acceptors (Lipinski definition) is 2. The number of aromatic nitrogens is 1. The minimum Gasteiger partial charge on any atom is -0.330 e. The van der Waals surface area contributed by atoms with Gasteiger partial charge < -0.3 is 9.88 Å². The first-order valence-corrected chi connectivity index (χ1v) is 4.89. The van der Waals surface area contributed by atoms with Gasteiger partial charge in [-0.2, -0.15) is 0 Å². The van der Waals surface area contributed by atoms with Crippen LogP contribution >= 0.6 is 0 Å². The lowest BCUT2D eigenvalue weighted by atomic mass is 10.3. The van der Waals surface area contributed by atoms with Crippen molar-refractivity contribution in [1.82, 2.24) is 9.88 Å². The minimum absolute atomic E-state index is 0.238. The molecule has 0 spiro atoms. The lowest BCUT2D eigenvalue weighted by Gasteiger charge is -2.18. The van der Waals surface area contributed by atoms with E-state index in [2.05, 4.69) is 18.1 Å². The molecule has 0 aliphatic rings. The summed E-state index contributed by atoms with van der Waals surface area (Å²) >= 11 is 0. The third kappa shape index (κ3) is 2.95. The van der Waals surface area contributed by atoms with Gasteiger partial charge in [0, 0.05) is 19.2 Å². The number of amides is 1. The molecule has 84 valence electrons. The van der Waals surface area contributed by atoms with Crippen molar-refractivity contribution in [2.45, 2.75) is 0 Å². The Bertz CT molecular complexity index is 438. The second-order valence-corrected chi connectivity index (χ2v) is 3.22. The van der Waals surface area contributed by atoms with Crippen LogP contribution in [0.15, 0.2) is 48.3 Å². The third-order valence-electron chi connectivity index (χ3n) is 1.98. The van der Waals surface area contributed by atoms with E-state index in [4.69, 9.17) is 0 Å². The molecule has 0 aliphatic heterocycles. The van der Waals surface area contributed by atoms with Gasteiger partial charge in [-0.05, 0) is 6.07 Å². The number of rotatable bonds is 5. The fraction of sp³-hybridized carbons (Fsp3) is 0.167. The van der Waals surface area contributed by atoms with Crippen LogP contribution in [0.1, 0.15) is 10.5 Å². The molecule has 1 rings (SSSR count). The first kappa shape index (κ1) is 12.0. The number of nitrogens with zero attached hydrogens (tertiary/aromatic N) is 1. The van der Waals surface area contributed by atoms with Crippen molar-refractivity contribution >= 4 is 5.91 Å². The van der Waals surface area contributed by atoms with Gasteiger partial charge in [0.05, 0.1) is 0 Å². The van der Waals surface area contributed by atoms with E-state index in [-0.39, 0.29) is 17.2 Å². The Morgan fingerprint density at radius 1 is 1.31 bits per heavy atom. The molecule has 0 bridgehead atoms. The molecule has 0 atom stereocenters. The molecule has 0 saturated carbocycles. The lowest BCUT2D eigenvalue weighted by Crippen LogP contribution is -2.32. The lowest BCUT2D eigenvalue weighted by molar-refractivity contribution is 0.0785. The van der Waals surface area contributed by atoms with Gasteiger partial charge in [0.1, 0.15) is 5.69 Å². The molecule has 1 amide bonds. The van der Waals surface area contributed by atoms with Gasteiger partial charge >= 0.3 is 0 Å². The summed E-state index contributed by atoms with van der Waals surface area (Å²) in [4.78, 5) is 27.0. The highest BCUT2D eigenvalue weighted by molar-refractivity contribution is 5.92. The Kier molecular flexibility index (Phi) is 4.27. The number of aromatic amines is 1. The normalized spacial score (nSPS) is 9.50. The molecule has 1 heterocycles. The van der Waals surface area contributed by atoms with Crippen LogP contribution < -0.4 is 5.56 Å². The van der Waals surface area contributed by atoms with E-state index in [1.165, 1.54) is 11.0 Å². The van der Waals surface area contributed by atoms with Crippen molar-refractivity contribution in [3.05, 3.63) is 59.6 Å². The van der Waals surface area contributed by atoms with Crippen molar-refractivity contribution in [2.24, 2.45) is 0 Å². The standard InChI is InChI=1S/C12H14N2O2/c1-3-8-14(9-4-2)12(16)10-6-5-7-11(15)13-10/h3-7H,1-2,8-9H2,(H,13,15). The fourth-order valence-corrected chi connectivity index (χ4v) is 1.29. The summed E-state index contributed by atoms with van der Waals surface area (Å²) in [5, 5.41) is 0. The summed E-state index contributed by atoms with van der Waals surface area (Å²) in [7, 11) is 0. The maximum absolute atomic E-state index is 11.9. The molecule has 1 aromatic heterocycles. The van der Waals surface area contributed by atoms with E-state index in [1.807, 2.05) is 0 Å². The van der Waals surface area contributed by atoms with Crippen LogP contribution in [0, 0.1) is 0 Å². The Hall–Kier alpha value is -2.10. The summed E-state index contributed by atoms with van der Waals surface area (Å²) in [5.74, 6) is -0.238. The quantitative estimate of drug-likeness (QED) is 0.755. The van der Waals surface area contributed by atoms with Crippen LogP contribution in [0.4, 0.5) is 0 Å². The van der Waals surface area contributed by atoms with Crippen LogP contribution in [0.25, 0.3) is 0 Å². The summed E-state index contributed by atoms with van der Waals surface area (Å²) < 4.78 is 0. The zero-order valence-corrected chi connectivity index (χ0v) is 8.98. The SMILES string of the molecule is C=CCN(CC=C)C(=O)c1cccc(=O)[nH]1. The maximum Gasteiger partial charge on any atom is 0.270 e. The van der Waals surface area contributed by atoms with E-state index in [0.717, 1.165) is 0 Å². The van der Waals surface area contributed by atoms with Gasteiger partial charge in [0.25, 0.3) is 5.91 Å². The maximum atomic E-state index is 11.9. The van der Waals surface area contributed by atoms with E-state index in [9.17, 15) is 9.59 Å². The second kappa shape index (κ2) is 5.70. The third-order valence-corrected chi connectivity index (χ3v) is 1.98. The largest absolute Gasteiger partial charge is 0.330 e. The highest BCUT2D eigenvalue weighted by Gasteiger charge is 2.13. The minimum atomic E-state index is -0.289. The van der Waals surface area contributed by atoms with E-state index in [0.29, 0.717) is 13.1 Å². The average molecular weight is 218 g/mol. The summed E-state index contributed by atoms with van der Waals surface area (Å²) in [6.07, 6.45) is 3.25. The van der Waals surface area contributed by atoms with Gasteiger partial charge in [-0.3, -0.25) is 9.59 Å². The monoisotopic (exact) mass is 218 g/mol. The zero-order chi connectivity index (χ0) is 12.0. The molecule has 4 heteroatoms. The summed E-state index contributed by atoms with van der Waals surface area (Å²) in [5.41, 5.74) is -0.0146. The highest BCUT2D eigenvalue weighted by atomic mass is 16.2. The number of nitrogens with one attached hydrogen (secondary N) is 1. The van der Waals surface area contributed by atoms with E-state index in [1.54, 1.807) is 24.3 Å². The molecule has 0 radical (unpaired) electrons. The smallest absolute Gasteiger partial charge is 0.270 e. The summed E-state index contributed by atoms with van der Waals surface area (Å²) in [6, 6.07) is 4.48. The van der Waals surface area contributed by atoms with Gasteiger partial charge in [0.15, 0.2) is 0 Å². The fourth-order valence-electron chi connectivity index (χ4n) is 1.29. The molecule has 0 fully saturated rings. The van der Waals surface area contributed by atoms with E-state index >= 15 is 0 Å². The van der Waals surface area contributed by atoms with E-state index < -0.39 is 0 Å². The number of carbonyl (C=O) groups excluding carboxylic acids is 1. The van der Waals surface area contributed by atoms with Crippen molar-refractivity contribution < 1.29 is 4.79 Å². The Morgan fingerprint density at radius 3 is 2.44 bits per heavy atom. The highest BCUT2D eigenvalue weighted by Crippen LogP contribution is 2.00. The molecule has 0 aromatic carbocycles. The zero-order valence-electron chi connectivity index (χ0n) is 8.98. The van der Waals surface area contributed by atoms with Crippen molar-refractivity contribution in [1.29, 1.82) is 0 Å². The molecule has 4 nitrogen and oxygen atoms in total. The second-order valence-electron chi connectivity index (χ2n) is 3.22. The molecular formula is C12H14N2O2. The van der Waals surface area contributed by atoms with Gasteiger partial charge in [-0.15, -0.1) is 13.2 Å². The first-order valence-electron chi connectivity index (χ1n) is 4.89. The predicted molar refractivity (Wildman–Crippen MR) is 63.4 cm³/mol. The molecule has 0 aliphatic carbocycles. The van der Waals surface area contributed by atoms with Crippen LogP contribution in [-0.2, 0) is 0 Å². The van der Waals surface area contributed by atoms with Crippen LogP contribution in [0.5, 0.6) is 0 Å². The van der Waals surface area contributed by atoms with Crippen molar-refractivity contribution in [3.63, 3.8) is 0 Å². The number of carbonyl (C=O) groups is 1. The number of hydrogen-bond donors (Lipinski definition) is 1. The topological polar surface area (TPSA) is 53.2 Å².